The summed E-state index contributed by atoms with van der Waals surface area (Å²) in [6, 6.07) is 6.32. The zero-order valence-electron chi connectivity index (χ0n) is 10.7. The van der Waals surface area contributed by atoms with Crippen molar-refractivity contribution in [2.75, 3.05) is 31.7 Å². The van der Waals surface area contributed by atoms with Crippen LogP contribution in [0.5, 0.6) is 0 Å². The van der Waals surface area contributed by atoms with E-state index in [4.69, 9.17) is 10.00 Å². The predicted octanol–water partition coefficient (Wildman–Crippen LogP) is 2.11. The highest BCUT2D eigenvalue weighted by Gasteiger charge is 2.15. The number of nitro benzene ring substituents is 1. The van der Waals surface area contributed by atoms with E-state index >= 15 is 0 Å². The minimum absolute atomic E-state index is 0.0500. The quantitative estimate of drug-likeness (QED) is 0.426. The molecule has 0 unspecified atom stereocenters. The Balaban J connectivity index is 3.07. The molecule has 0 aromatic heterocycles. The van der Waals surface area contributed by atoms with Crippen LogP contribution >= 0.6 is 0 Å². The standard InChI is InChI=1S/C13H15N3O3/c1-3-6-15(7-8-19-2)12-4-5-13(16(17)18)11(9-12)10-14/h3-5,9H,1,6-8H2,2H3. The van der Waals surface area contributed by atoms with E-state index in [1.165, 1.54) is 12.1 Å². The molecule has 0 atom stereocenters. The smallest absolute Gasteiger partial charge is 0.287 e. The van der Waals surface area contributed by atoms with E-state index in [1.807, 2.05) is 11.0 Å². The number of nitro groups is 1. The van der Waals surface area contributed by atoms with Gasteiger partial charge in [-0.2, -0.15) is 5.26 Å². The number of rotatable bonds is 7. The Labute approximate surface area is 111 Å². The fraction of sp³-hybridized carbons (Fsp3) is 0.308. The number of anilines is 1. The van der Waals surface area contributed by atoms with Crippen molar-refractivity contribution in [3.8, 4) is 6.07 Å². The number of hydrogen-bond acceptors (Lipinski definition) is 5. The predicted molar refractivity (Wildman–Crippen MR) is 72.1 cm³/mol. The highest BCUT2D eigenvalue weighted by Crippen LogP contribution is 2.24. The van der Waals surface area contributed by atoms with E-state index in [1.54, 1.807) is 19.3 Å². The summed E-state index contributed by atoms with van der Waals surface area (Å²) in [5, 5.41) is 19.7. The second kappa shape index (κ2) is 7.13. The van der Waals surface area contributed by atoms with E-state index in [2.05, 4.69) is 6.58 Å². The van der Waals surface area contributed by atoms with Crippen LogP contribution in [0.25, 0.3) is 0 Å². The average Bonchev–Trinajstić information content (AvgIpc) is 2.42. The Hall–Kier alpha value is -2.39. The molecular formula is C13H15N3O3. The van der Waals surface area contributed by atoms with Gasteiger partial charge in [0, 0.05) is 32.0 Å². The van der Waals surface area contributed by atoms with Crippen LogP contribution in [0, 0.1) is 21.4 Å². The molecule has 1 aromatic rings. The molecule has 0 saturated heterocycles. The van der Waals surface area contributed by atoms with Crippen molar-refractivity contribution in [2.24, 2.45) is 0 Å². The molecule has 100 valence electrons. The van der Waals surface area contributed by atoms with Crippen molar-refractivity contribution in [2.45, 2.75) is 0 Å². The summed E-state index contributed by atoms with van der Waals surface area (Å²) in [6.45, 7) is 5.38. The van der Waals surface area contributed by atoms with Crippen molar-refractivity contribution in [1.82, 2.24) is 0 Å². The number of nitriles is 1. The van der Waals surface area contributed by atoms with E-state index in [9.17, 15) is 10.1 Å². The first-order chi connectivity index (χ1) is 9.13. The molecule has 0 spiro atoms. The summed E-state index contributed by atoms with van der Waals surface area (Å²) in [7, 11) is 1.60. The summed E-state index contributed by atoms with van der Waals surface area (Å²) >= 11 is 0. The number of hydrogen-bond donors (Lipinski definition) is 0. The molecular weight excluding hydrogens is 246 g/mol. The monoisotopic (exact) mass is 261 g/mol. The summed E-state index contributed by atoms with van der Waals surface area (Å²) in [5.74, 6) is 0. The maximum Gasteiger partial charge on any atom is 0.287 e. The number of benzene rings is 1. The zero-order chi connectivity index (χ0) is 14.3. The first-order valence-corrected chi connectivity index (χ1v) is 5.67. The van der Waals surface area contributed by atoms with Crippen LogP contribution in [0.1, 0.15) is 5.56 Å². The lowest BCUT2D eigenvalue weighted by molar-refractivity contribution is -0.385. The van der Waals surface area contributed by atoms with Gasteiger partial charge in [0.15, 0.2) is 0 Å². The van der Waals surface area contributed by atoms with Crippen molar-refractivity contribution in [1.29, 1.82) is 5.26 Å². The van der Waals surface area contributed by atoms with E-state index in [0.717, 1.165) is 5.69 Å². The molecule has 6 heteroatoms. The van der Waals surface area contributed by atoms with Gasteiger partial charge in [-0.25, -0.2) is 0 Å². The van der Waals surface area contributed by atoms with Crippen LogP contribution in [-0.2, 0) is 4.74 Å². The highest BCUT2D eigenvalue weighted by molar-refractivity contribution is 5.60. The van der Waals surface area contributed by atoms with Gasteiger partial charge < -0.3 is 9.64 Å². The third-order valence-corrected chi connectivity index (χ3v) is 2.58. The maximum atomic E-state index is 10.8. The second-order valence-corrected chi connectivity index (χ2v) is 3.80. The Morgan fingerprint density at radius 2 is 2.37 bits per heavy atom. The van der Waals surface area contributed by atoms with Gasteiger partial charge in [0.2, 0.25) is 0 Å². The topological polar surface area (TPSA) is 79.4 Å². The average molecular weight is 261 g/mol. The van der Waals surface area contributed by atoms with Gasteiger partial charge in [-0.1, -0.05) is 6.08 Å². The summed E-state index contributed by atoms with van der Waals surface area (Å²) in [4.78, 5) is 12.1. The van der Waals surface area contributed by atoms with Crippen LogP contribution < -0.4 is 4.90 Å². The fourth-order valence-electron chi connectivity index (χ4n) is 1.65. The molecule has 1 rings (SSSR count). The Morgan fingerprint density at radius 1 is 1.63 bits per heavy atom. The van der Waals surface area contributed by atoms with E-state index in [-0.39, 0.29) is 11.3 Å². The van der Waals surface area contributed by atoms with Gasteiger partial charge in [0.25, 0.3) is 5.69 Å². The number of methoxy groups -OCH3 is 1. The summed E-state index contributed by atoms with van der Waals surface area (Å²) < 4.78 is 5.01. The molecule has 0 bridgehead atoms. The Kier molecular flexibility index (Phi) is 5.51. The molecule has 0 amide bonds. The second-order valence-electron chi connectivity index (χ2n) is 3.80. The number of ether oxygens (including phenoxy) is 1. The lowest BCUT2D eigenvalue weighted by Gasteiger charge is -2.23. The molecule has 19 heavy (non-hydrogen) atoms. The third kappa shape index (κ3) is 3.79. The van der Waals surface area contributed by atoms with Gasteiger partial charge in [-0.05, 0) is 12.1 Å². The molecule has 0 aliphatic heterocycles. The van der Waals surface area contributed by atoms with Gasteiger partial charge >= 0.3 is 0 Å². The van der Waals surface area contributed by atoms with E-state index in [0.29, 0.717) is 19.7 Å². The lowest BCUT2D eigenvalue weighted by atomic mass is 10.1. The van der Waals surface area contributed by atoms with Gasteiger partial charge in [-0.3, -0.25) is 10.1 Å². The molecule has 0 aliphatic rings. The summed E-state index contributed by atoms with van der Waals surface area (Å²) in [5.41, 5.74) is 0.602. The van der Waals surface area contributed by atoms with Crippen molar-refractivity contribution in [3.63, 3.8) is 0 Å². The normalized spacial score (nSPS) is 9.68. The summed E-state index contributed by atoms with van der Waals surface area (Å²) in [6.07, 6.45) is 1.73. The molecule has 6 nitrogen and oxygen atoms in total. The zero-order valence-corrected chi connectivity index (χ0v) is 10.7. The lowest BCUT2D eigenvalue weighted by Crippen LogP contribution is -2.27. The minimum atomic E-state index is -0.560. The molecule has 0 saturated carbocycles. The van der Waals surface area contributed by atoms with Crippen LogP contribution in [0.15, 0.2) is 30.9 Å². The first kappa shape index (κ1) is 14.7. The van der Waals surface area contributed by atoms with Crippen molar-refractivity contribution >= 4 is 11.4 Å². The molecule has 0 heterocycles. The molecule has 0 radical (unpaired) electrons. The molecule has 0 N–H and O–H groups in total. The minimum Gasteiger partial charge on any atom is -0.383 e. The Morgan fingerprint density at radius 3 is 2.89 bits per heavy atom. The SMILES string of the molecule is C=CCN(CCOC)c1ccc([N+](=O)[O-])c(C#N)c1. The maximum absolute atomic E-state index is 10.8. The van der Waals surface area contributed by atoms with Gasteiger partial charge in [-0.15, -0.1) is 6.58 Å². The largest absolute Gasteiger partial charge is 0.383 e. The van der Waals surface area contributed by atoms with Crippen molar-refractivity contribution in [3.05, 3.63) is 46.5 Å². The third-order valence-electron chi connectivity index (χ3n) is 2.58. The molecule has 1 aromatic carbocycles. The van der Waals surface area contributed by atoms with Crippen LogP contribution in [0.4, 0.5) is 11.4 Å². The molecule has 0 fully saturated rings. The van der Waals surface area contributed by atoms with Gasteiger partial charge in [0.05, 0.1) is 11.5 Å². The van der Waals surface area contributed by atoms with Crippen LogP contribution in [0.2, 0.25) is 0 Å². The Bertz CT molecular complexity index is 508. The number of nitrogens with zero attached hydrogens (tertiary/aromatic N) is 3. The van der Waals surface area contributed by atoms with Crippen LogP contribution in [0.3, 0.4) is 0 Å². The highest BCUT2D eigenvalue weighted by atomic mass is 16.6. The van der Waals surface area contributed by atoms with Crippen molar-refractivity contribution < 1.29 is 9.66 Å². The van der Waals surface area contributed by atoms with E-state index < -0.39 is 4.92 Å². The fourth-order valence-corrected chi connectivity index (χ4v) is 1.65. The molecule has 0 aliphatic carbocycles. The van der Waals surface area contributed by atoms with Gasteiger partial charge in [0.1, 0.15) is 11.6 Å². The first-order valence-electron chi connectivity index (χ1n) is 5.67. The van der Waals surface area contributed by atoms with Crippen LogP contribution in [-0.4, -0.2) is 31.7 Å².